The number of aromatic amines is 1. The zero-order chi connectivity index (χ0) is 10.1. The molecule has 1 N–H and O–H groups in total. The van der Waals surface area contributed by atoms with Gasteiger partial charge in [-0.2, -0.15) is 0 Å². The van der Waals surface area contributed by atoms with E-state index in [-0.39, 0.29) is 11.0 Å². The van der Waals surface area contributed by atoms with Crippen molar-refractivity contribution in [3.63, 3.8) is 0 Å². The monoisotopic (exact) mass is 187 g/mol. The van der Waals surface area contributed by atoms with Crippen molar-refractivity contribution in [1.29, 1.82) is 0 Å². The van der Waals surface area contributed by atoms with E-state index in [4.69, 9.17) is 0 Å². The summed E-state index contributed by atoms with van der Waals surface area (Å²) in [7, 11) is 0. The standard InChI is InChI=1S/C11H9NO2/c1-7-6-10(13)12-9-5-3-2-4-8(9)11(7)14/h2-6H,1H3,(H,12,13). The number of para-hydroxylation sites is 1. The Hall–Kier alpha value is -1.90. The number of H-pyrrole nitrogens is 1. The zero-order valence-corrected chi connectivity index (χ0v) is 7.70. The Bertz CT molecular complexity index is 599. The number of aryl methyl sites for hydroxylation is 1. The summed E-state index contributed by atoms with van der Waals surface area (Å²) in [5.41, 5.74) is 0.697. The minimum absolute atomic E-state index is 0.0982. The summed E-state index contributed by atoms with van der Waals surface area (Å²) in [5.74, 6) is 0. The normalized spacial score (nSPS) is 10.4. The lowest BCUT2D eigenvalue weighted by Gasteiger charge is -1.88. The van der Waals surface area contributed by atoms with Gasteiger partial charge >= 0.3 is 0 Å². The molecule has 0 unspecified atom stereocenters. The third kappa shape index (κ3) is 1.33. The average Bonchev–Trinajstić information content (AvgIpc) is 2.26. The molecule has 0 saturated heterocycles. The van der Waals surface area contributed by atoms with Crippen LogP contribution in [0.4, 0.5) is 0 Å². The second-order valence-electron chi connectivity index (χ2n) is 3.19. The molecule has 3 nitrogen and oxygen atoms in total. The van der Waals surface area contributed by atoms with Crippen LogP contribution in [0.5, 0.6) is 0 Å². The van der Waals surface area contributed by atoms with Crippen LogP contribution in [0.2, 0.25) is 0 Å². The quantitative estimate of drug-likeness (QED) is 0.673. The summed E-state index contributed by atoms with van der Waals surface area (Å²) < 4.78 is 0. The highest BCUT2D eigenvalue weighted by Gasteiger charge is 1.99. The number of hydrogen-bond acceptors (Lipinski definition) is 2. The zero-order valence-electron chi connectivity index (χ0n) is 7.70. The number of hydrogen-bond donors (Lipinski definition) is 1. The van der Waals surface area contributed by atoms with Crippen molar-refractivity contribution in [1.82, 2.24) is 4.98 Å². The third-order valence-electron chi connectivity index (χ3n) is 2.14. The van der Waals surface area contributed by atoms with Crippen molar-refractivity contribution in [2.24, 2.45) is 0 Å². The van der Waals surface area contributed by atoms with Gasteiger partial charge in [-0.25, -0.2) is 0 Å². The van der Waals surface area contributed by atoms with Crippen molar-refractivity contribution in [3.05, 3.63) is 56.5 Å². The van der Waals surface area contributed by atoms with Gasteiger partial charge in [0.2, 0.25) is 5.56 Å². The molecule has 1 aromatic heterocycles. The number of aromatic nitrogens is 1. The van der Waals surface area contributed by atoms with E-state index in [1.165, 1.54) is 6.07 Å². The van der Waals surface area contributed by atoms with Crippen molar-refractivity contribution in [3.8, 4) is 0 Å². The molecule has 0 amide bonds. The topological polar surface area (TPSA) is 49.9 Å². The first-order chi connectivity index (χ1) is 6.68. The summed E-state index contributed by atoms with van der Waals surface area (Å²) in [5, 5.41) is 0.548. The molecule has 0 radical (unpaired) electrons. The second kappa shape index (κ2) is 3.10. The highest BCUT2D eigenvalue weighted by Crippen LogP contribution is 2.03. The average molecular weight is 187 g/mol. The molecule has 2 aromatic rings. The van der Waals surface area contributed by atoms with Gasteiger partial charge in [-0.05, 0) is 19.1 Å². The van der Waals surface area contributed by atoms with Crippen LogP contribution < -0.4 is 11.0 Å². The smallest absolute Gasteiger partial charge is 0.248 e. The Morgan fingerprint density at radius 2 is 1.86 bits per heavy atom. The fraction of sp³-hybridized carbons (Fsp3) is 0.0909. The Labute approximate surface area is 80.0 Å². The molecule has 0 aliphatic rings. The molecule has 1 heterocycles. The second-order valence-corrected chi connectivity index (χ2v) is 3.19. The fourth-order valence-electron chi connectivity index (χ4n) is 1.43. The van der Waals surface area contributed by atoms with E-state index in [2.05, 4.69) is 4.98 Å². The molecular formula is C11H9NO2. The number of rotatable bonds is 0. The third-order valence-corrected chi connectivity index (χ3v) is 2.14. The van der Waals surface area contributed by atoms with Crippen LogP contribution in [0.1, 0.15) is 5.56 Å². The van der Waals surface area contributed by atoms with Crippen molar-refractivity contribution in [2.75, 3.05) is 0 Å². The molecule has 0 saturated carbocycles. The van der Waals surface area contributed by atoms with E-state index < -0.39 is 0 Å². The van der Waals surface area contributed by atoms with Crippen LogP contribution in [-0.2, 0) is 0 Å². The fourth-order valence-corrected chi connectivity index (χ4v) is 1.43. The summed E-state index contributed by atoms with van der Waals surface area (Å²) in [6.45, 7) is 1.64. The van der Waals surface area contributed by atoms with Gasteiger partial charge in [0.15, 0.2) is 5.43 Å². The molecule has 0 atom stereocenters. The maximum Gasteiger partial charge on any atom is 0.248 e. The molecule has 0 aliphatic carbocycles. The van der Waals surface area contributed by atoms with Crippen molar-refractivity contribution < 1.29 is 0 Å². The minimum atomic E-state index is -0.249. The van der Waals surface area contributed by atoms with E-state index in [0.29, 0.717) is 16.5 Å². The summed E-state index contributed by atoms with van der Waals surface area (Å²) in [4.78, 5) is 25.6. The molecule has 2 rings (SSSR count). The first-order valence-electron chi connectivity index (χ1n) is 4.31. The van der Waals surface area contributed by atoms with Gasteiger partial charge in [0.1, 0.15) is 0 Å². The van der Waals surface area contributed by atoms with Gasteiger partial charge in [-0.1, -0.05) is 12.1 Å². The van der Waals surface area contributed by atoms with E-state index in [0.717, 1.165) is 0 Å². The summed E-state index contributed by atoms with van der Waals surface area (Å²) in [6, 6.07) is 8.31. The maximum atomic E-state index is 11.7. The lowest BCUT2D eigenvalue weighted by Crippen LogP contribution is -2.02. The molecule has 14 heavy (non-hydrogen) atoms. The summed E-state index contributed by atoms with van der Waals surface area (Å²) >= 11 is 0. The van der Waals surface area contributed by atoms with Crippen LogP contribution in [0.15, 0.2) is 39.9 Å². The highest BCUT2D eigenvalue weighted by molar-refractivity contribution is 5.77. The molecule has 1 aromatic carbocycles. The molecule has 70 valence electrons. The lowest BCUT2D eigenvalue weighted by atomic mass is 10.2. The Balaban J connectivity index is 3.16. The van der Waals surface area contributed by atoms with Crippen LogP contribution >= 0.6 is 0 Å². The number of benzene rings is 1. The molecular weight excluding hydrogens is 178 g/mol. The maximum absolute atomic E-state index is 11.7. The molecule has 3 heteroatoms. The predicted molar refractivity (Wildman–Crippen MR) is 55.6 cm³/mol. The van der Waals surface area contributed by atoms with Gasteiger partial charge in [0.25, 0.3) is 0 Å². The first-order valence-corrected chi connectivity index (χ1v) is 4.31. The van der Waals surface area contributed by atoms with Gasteiger partial charge in [0, 0.05) is 17.0 Å². The van der Waals surface area contributed by atoms with Gasteiger partial charge in [0.05, 0.1) is 5.52 Å². The molecule has 0 bridgehead atoms. The predicted octanol–water partition coefficient (Wildman–Crippen LogP) is 1.20. The van der Waals surface area contributed by atoms with E-state index in [9.17, 15) is 9.59 Å². The minimum Gasteiger partial charge on any atom is -0.322 e. The first kappa shape index (κ1) is 8.69. The Kier molecular flexibility index (Phi) is 1.93. The largest absolute Gasteiger partial charge is 0.322 e. The highest BCUT2D eigenvalue weighted by atomic mass is 16.1. The van der Waals surface area contributed by atoms with Crippen molar-refractivity contribution in [2.45, 2.75) is 6.92 Å². The van der Waals surface area contributed by atoms with Crippen molar-refractivity contribution >= 4 is 10.9 Å². The van der Waals surface area contributed by atoms with E-state index >= 15 is 0 Å². The lowest BCUT2D eigenvalue weighted by molar-refractivity contribution is 1.31. The number of nitrogens with one attached hydrogen (secondary N) is 1. The SMILES string of the molecule is Cc1cc(=O)[nH]c2ccccc2c1=O. The van der Waals surface area contributed by atoms with Crippen LogP contribution in [-0.4, -0.2) is 4.98 Å². The van der Waals surface area contributed by atoms with Crippen LogP contribution in [0, 0.1) is 6.92 Å². The van der Waals surface area contributed by atoms with Crippen LogP contribution in [0.25, 0.3) is 10.9 Å². The molecule has 0 aliphatic heterocycles. The van der Waals surface area contributed by atoms with Gasteiger partial charge in [-0.3, -0.25) is 9.59 Å². The Morgan fingerprint density at radius 1 is 1.14 bits per heavy atom. The van der Waals surface area contributed by atoms with Crippen LogP contribution in [0.3, 0.4) is 0 Å². The molecule has 0 spiro atoms. The van der Waals surface area contributed by atoms with E-state index in [1.807, 2.05) is 0 Å². The Morgan fingerprint density at radius 3 is 2.64 bits per heavy atom. The number of fused-ring (bicyclic) bond motifs is 1. The van der Waals surface area contributed by atoms with E-state index in [1.54, 1.807) is 31.2 Å². The molecule has 0 fully saturated rings. The summed E-state index contributed by atoms with van der Waals surface area (Å²) in [6.07, 6.45) is 0. The van der Waals surface area contributed by atoms with Gasteiger partial charge < -0.3 is 4.98 Å². The van der Waals surface area contributed by atoms with Gasteiger partial charge in [-0.15, -0.1) is 0 Å².